The van der Waals surface area contributed by atoms with E-state index in [4.69, 9.17) is 0 Å². The Kier molecular flexibility index (Phi) is 3.85. The Balaban J connectivity index is 2.02. The maximum Gasteiger partial charge on any atom is 0.268 e. The van der Waals surface area contributed by atoms with Gasteiger partial charge in [-0.25, -0.2) is 0 Å². The molecule has 1 N–H and O–H groups in total. The Hall–Kier alpha value is -3.06. The third-order valence-electron chi connectivity index (χ3n) is 5.44. The molecule has 0 aliphatic carbocycles. The molecule has 0 unspecified atom stereocenters. The minimum Gasteiger partial charge on any atom is -0.349 e. The van der Waals surface area contributed by atoms with Crippen LogP contribution in [-0.4, -0.2) is 17.0 Å². The van der Waals surface area contributed by atoms with Gasteiger partial charge in [0.2, 0.25) is 0 Å². The summed E-state index contributed by atoms with van der Waals surface area (Å²) in [6.45, 7) is 9.92. The second-order valence-electron chi connectivity index (χ2n) is 8.24. The first-order chi connectivity index (χ1) is 12.8. The highest BCUT2D eigenvalue weighted by atomic mass is 16.2. The number of rotatable bonds is 1. The molecule has 1 aliphatic rings. The van der Waals surface area contributed by atoms with Gasteiger partial charge in [0.05, 0.1) is 17.1 Å². The first-order valence-electron chi connectivity index (χ1n) is 9.27. The molecular weight excluding hydrogens is 334 g/mol. The van der Waals surface area contributed by atoms with Crippen LogP contribution < -0.4 is 5.32 Å². The summed E-state index contributed by atoms with van der Waals surface area (Å²) in [5.74, 6) is -0.0394. The van der Waals surface area contributed by atoms with Gasteiger partial charge in [-0.1, -0.05) is 45.0 Å². The van der Waals surface area contributed by atoms with Gasteiger partial charge in [0.15, 0.2) is 0 Å². The zero-order chi connectivity index (χ0) is 19.3. The van der Waals surface area contributed by atoms with Crippen molar-refractivity contribution in [3.05, 3.63) is 58.8 Å². The van der Waals surface area contributed by atoms with Crippen molar-refractivity contribution >= 4 is 16.8 Å². The summed E-state index contributed by atoms with van der Waals surface area (Å²) in [6.07, 6.45) is 0. The molecule has 27 heavy (non-hydrogen) atoms. The first-order valence-corrected chi connectivity index (χ1v) is 9.27. The zero-order valence-corrected chi connectivity index (χ0v) is 16.2. The minimum atomic E-state index is -0.0394. The topological polar surface area (TPSA) is 57.8 Å². The van der Waals surface area contributed by atoms with Crippen LogP contribution in [0.15, 0.2) is 36.4 Å². The lowest BCUT2D eigenvalue weighted by atomic mass is 9.86. The van der Waals surface area contributed by atoms with Gasteiger partial charge >= 0.3 is 0 Å². The number of amides is 1. The monoisotopic (exact) mass is 357 g/mol. The van der Waals surface area contributed by atoms with Crippen molar-refractivity contribution in [3.8, 4) is 17.2 Å². The molecular formula is C23H23N3O. The van der Waals surface area contributed by atoms with Gasteiger partial charge in [-0.05, 0) is 41.2 Å². The maximum atomic E-state index is 12.4. The fourth-order valence-corrected chi connectivity index (χ4v) is 3.97. The molecule has 0 radical (unpaired) electrons. The van der Waals surface area contributed by atoms with E-state index < -0.39 is 0 Å². The van der Waals surface area contributed by atoms with Gasteiger partial charge in [0.1, 0.15) is 5.69 Å². The van der Waals surface area contributed by atoms with E-state index in [9.17, 15) is 10.1 Å². The highest BCUT2D eigenvalue weighted by Gasteiger charge is 2.26. The summed E-state index contributed by atoms with van der Waals surface area (Å²) in [4.78, 5) is 12.4. The normalized spacial score (nSPS) is 14.0. The fraction of sp³-hybridized carbons (Fsp3) is 0.304. The number of aromatic nitrogens is 1. The largest absolute Gasteiger partial charge is 0.349 e. The number of carbonyl (C=O) groups is 1. The average Bonchev–Trinajstić information content (AvgIpc) is 2.94. The van der Waals surface area contributed by atoms with E-state index in [1.807, 2.05) is 19.1 Å². The molecule has 1 amide bonds. The summed E-state index contributed by atoms with van der Waals surface area (Å²) in [6, 6.07) is 14.7. The summed E-state index contributed by atoms with van der Waals surface area (Å²) in [5.41, 5.74) is 6.73. The number of nitrogens with zero attached hydrogens (tertiary/aromatic N) is 2. The molecule has 1 aromatic heterocycles. The Morgan fingerprint density at radius 3 is 2.48 bits per heavy atom. The van der Waals surface area contributed by atoms with Crippen molar-refractivity contribution in [3.63, 3.8) is 0 Å². The van der Waals surface area contributed by atoms with Crippen LogP contribution in [0, 0.1) is 18.3 Å². The van der Waals surface area contributed by atoms with Crippen LogP contribution in [-0.2, 0) is 12.0 Å². The fourth-order valence-electron chi connectivity index (χ4n) is 3.97. The second kappa shape index (κ2) is 5.99. The molecule has 0 spiro atoms. The Labute approximate surface area is 159 Å². The van der Waals surface area contributed by atoms with E-state index in [2.05, 4.69) is 61.0 Å². The first kappa shape index (κ1) is 17.4. The number of nitriles is 1. The molecule has 0 saturated carbocycles. The van der Waals surface area contributed by atoms with Crippen LogP contribution in [0.25, 0.3) is 22.0 Å². The van der Waals surface area contributed by atoms with Crippen molar-refractivity contribution in [1.82, 2.24) is 9.88 Å². The van der Waals surface area contributed by atoms with E-state index >= 15 is 0 Å². The van der Waals surface area contributed by atoms with E-state index in [0.29, 0.717) is 17.8 Å². The summed E-state index contributed by atoms with van der Waals surface area (Å²) < 4.78 is 2.11. The van der Waals surface area contributed by atoms with Gasteiger partial charge in [-0.15, -0.1) is 0 Å². The predicted molar refractivity (Wildman–Crippen MR) is 108 cm³/mol. The van der Waals surface area contributed by atoms with E-state index in [1.54, 1.807) is 0 Å². The number of fused-ring (bicyclic) bond motifs is 3. The Bertz CT molecular complexity index is 1110. The van der Waals surface area contributed by atoms with Gasteiger partial charge in [-0.3, -0.25) is 4.79 Å². The van der Waals surface area contributed by atoms with Crippen LogP contribution in [0.4, 0.5) is 0 Å². The molecule has 0 bridgehead atoms. The van der Waals surface area contributed by atoms with Crippen molar-refractivity contribution in [1.29, 1.82) is 5.26 Å². The molecule has 2 heterocycles. The van der Waals surface area contributed by atoms with Gasteiger partial charge in [-0.2, -0.15) is 5.26 Å². The summed E-state index contributed by atoms with van der Waals surface area (Å²) in [7, 11) is 0. The Morgan fingerprint density at radius 1 is 1.15 bits per heavy atom. The number of hydrogen-bond acceptors (Lipinski definition) is 2. The molecule has 136 valence electrons. The summed E-state index contributed by atoms with van der Waals surface area (Å²) >= 11 is 0. The van der Waals surface area contributed by atoms with Crippen LogP contribution in [0.2, 0.25) is 0 Å². The number of aryl methyl sites for hydroxylation is 1. The van der Waals surface area contributed by atoms with E-state index in [1.165, 1.54) is 5.56 Å². The van der Waals surface area contributed by atoms with Crippen LogP contribution in [0.1, 0.15) is 48.0 Å². The van der Waals surface area contributed by atoms with E-state index in [0.717, 1.165) is 34.1 Å². The number of benzene rings is 2. The van der Waals surface area contributed by atoms with Crippen molar-refractivity contribution in [2.45, 2.75) is 39.7 Å². The molecule has 2 aromatic carbocycles. The molecule has 0 fully saturated rings. The number of carbonyl (C=O) groups excluding carboxylic acids is 1. The van der Waals surface area contributed by atoms with Crippen molar-refractivity contribution in [2.24, 2.45) is 0 Å². The third-order valence-corrected chi connectivity index (χ3v) is 5.44. The molecule has 0 saturated heterocycles. The van der Waals surface area contributed by atoms with Gasteiger partial charge < -0.3 is 9.88 Å². The number of nitrogens with one attached hydrogen (secondary N) is 1. The summed E-state index contributed by atoms with van der Waals surface area (Å²) in [5, 5.41) is 13.4. The second-order valence-corrected chi connectivity index (χ2v) is 8.24. The van der Waals surface area contributed by atoms with Crippen molar-refractivity contribution in [2.75, 3.05) is 6.54 Å². The lowest BCUT2D eigenvalue weighted by Crippen LogP contribution is -2.35. The van der Waals surface area contributed by atoms with Crippen LogP contribution in [0.3, 0.4) is 0 Å². The molecule has 1 aliphatic heterocycles. The smallest absolute Gasteiger partial charge is 0.268 e. The zero-order valence-electron chi connectivity index (χ0n) is 16.2. The molecule has 3 aromatic rings. The Morgan fingerprint density at radius 2 is 1.85 bits per heavy atom. The van der Waals surface area contributed by atoms with Gasteiger partial charge in [0.25, 0.3) is 5.91 Å². The minimum absolute atomic E-state index is 0.0394. The number of hydrogen-bond donors (Lipinski definition) is 1. The van der Waals surface area contributed by atoms with E-state index in [-0.39, 0.29) is 11.3 Å². The maximum absolute atomic E-state index is 12.4. The molecule has 4 heteroatoms. The highest BCUT2D eigenvalue weighted by molar-refractivity contribution is 6.06. The molecule has 4 nitrogen and oxygen atoms in total. The predicted octanol–water partition coefficient (Wildman–Crippen LogP) is 4.53. The SMILES string of the molecule is Cc1c2n(c3c(-c4ccc(C(C)(C)C)cc4)cc(C#N)cc13)CCNC2=O. The highest BCUT2D eigenvalue weighted by Crippen LogP contribution is 2.37. The lowest BCUT2D eigenvalue weighted by Gasteiger charge is -2.20. The third kappa shape index (κ3) is 2.71. The average molecular weight is 357 g/mol. The van der Waals surface area contributed by atoms with Crippen LogP contribution >= 0.6 is 0 Å². The lowest BCUT2D eigenvalue weighted by molar-refractivity contribution is 0.0928. The van der Waals surface area contributed by atoms with Crippen LogP contribution in [0.5, 0.6) is 0 Å². The standard InChI is InChI=1S/C23H23N3O/c1-14-18-11-15(13-24)12-19(16-5-7-17(8-6-16)23(2,3)4)21(18)26-10-9-25-22(27)20(14)26/h5-8,11-12H,9-10H2,1-4H3,(H,25,27). The molecule has 0 atom stereocenters. The van der Waals surface area contributed by atoms with Crippen molar-refractivity contribution < 1.29 is 4.79 Å². The quantitative estimate of drug-likeness (QED) is 0.696. The molecule has 4 rings (SSSR count). The van der Waals surface area contributed by atoms with Gasteiger partial charge in [0, 0.05) is 24.0 Å².